The zero-order valence-corrected chi connectivity index (χ0v) is 9.20. The van der Waals surface area contributed by atoms with Crippen molar-refractivity contribution < 1.29 is 9.84 Å². The van der Waals surface area contributed by atoms with Crippen LogP contribution in [-0.2, 0) is 6.42 Å². The first-order valence-corrected chi connectivity index (χ1v) is 5.75. The average molecular weight is 206 g/mol. The third kappa shape index (κ3) is 2.32. The van der Waals surface area contributed by atoms with Crippen molar-refractivity contribution in [2.75, 3.05) is 6.61 Å². The fraction of sp³-hybridized carbons (Fsp3) is 0.538. The molecule has 1 aromatic rings. The molecular formula is C13H18O2. The summed E-state index contributed by atoms with van der Waals surface area (Å²) in [5.41, 5.74) is 2.35. The molecule has 0 radical (unpaired) electrons. The standard InChI is InChI=1S/C13H18O2/c1-2-15-11-8-7-10-5-3-4-6-13(14)12(10)9-11/h7-9,13-14H,2-6H2,1H3. The lowest BCUT2D eigenvalue weighted by Crippen LogP contribution is -2.00. The summed E-state index contributed by atoms with van der Waals surface area (Å²) >= 11 is 0. The van der Waals surface area contributed by atoms with Gasteiger partial charge in [0, 0.05) is 0 Å². The van der Waals surface area contributed by atoms with E-state index in [1.807, 2.05) is 19.1 Å². The molecule has 0 saturated heterocycles. The molecule has 0 heterocycles. The van der Waals surface area contributed by atoms with E-state index in [1.165, 1.54) is 12.0 Å². The molecule has 2 rings (SSSR count). The molecule has 0 fully saturated rings. The van der Waals surface area contributed by atoms with Crippen molar-refractivity contribution >= 4 is 0 Å². The molecule has 0 aliphatic heterocycles. The van der Waals surface area contributed by atoms with E-state index in [2.05, 4.69) is 6.07 Å². The zero-order valence-electron chi connectivity index (χ0n) is 9.20. The Hall–Kier alpha value is -1.02. The Morgan fingerprint density at radius 2 is 2.27 bits per heavy atom. The maximum Gasteiger partial charge on any atom is 0.119 e. The molecule has 82 valence electrons. The van der Waals surface area contributed by atoms with Crippen molar-refractivity contribution in [1.82, 2.24) is 0 Å². The molecule has 1 atom stereocenters. The molecule has 1 aromatic carbocycles. The van der Waals surface area contributed by atoms with Crippen molar-refractivity contribution in [3.8, 4) is 5.75 Å². The van der Waals surface area contributed by atoms with Gasteiger partial charge in [0.05, 0.1) is 12.7 Å². The highest BCUT2D eigenvalue weighted by molar-refractivity contribution is 5.37. The van der Waals surface area contributed by atoms with Gasteiger partial charge in [-0.1, -0.05) is 12.5 Å². The average Bonchev–Trinajstić information content (AvgIpc) is 2.42. The van der Waals surface area contributed by atoms with Gasteiger partial charge in [0.15, 0.2) is 0 Å². The number of ether oxygens (including phenoxy) is 1. The minimum absolute atomic E-state index is 0.303. The van der Waals surface area contributed by atoms with Gasteiger partial charge in [-0.3, -0.25) is 0 Å². The van der Waals surface area contributed by atoms with Crippen molar-refractivity contribution in [2.45, 2.75) is 38.7 Å². The number of rotatable bonds is 2. The van der Waals surface area contributed by atoms with Crippen molar-refractivity contribution in [1.29, 1.82) is 0 Å². The van der Waals surface area contributed by atoms with Crippen LogP contribution in [0.25, 0.3) is 0 Å². The van der Waals surface area contributed by atoms with Gasteiger partial charge in [0.1, 0.15) is 5.75 Å². The minimum Gasteiger partial charge on any atom is -0.494 e. The van der Waals surface area contributed by atoms with Gasteiger partial charge in [-0.2, -0.15) is 0 Å². The van der Waals surface area contributed by atoms with Gasteiger partial charge in [-0.25, -0.2) is 0 Å². The van der Waals surface area contributed by atoms with Crippen LogP contribution < -0.4 is 4.74 Å². The first-order chi connectivity index (χ1) is 7.31. The van der Waals surface area contributed by atoms with Crippen LogP contribution in [0.3, 0.4) is 0 Å². The van der Waals surface area contributed by atoms with Crippen LogP contribution in [0, 0.1) is 0 Å². The Labute approximate surface area is 90.9 Å². The van der Waals surface area contributed by atoms with E-state index in [1.54, 1.807) is 0 Å². The molecule has 15 heavy (non-hydrogen) atoms. The van der Waals surface area contributed by atoms with E-state index in [9.17, 15) is 5.11 Å². The maximum absolute atomic E-state index is 9.98. The van der Waals surface area contributed by atoms with E-state index in [-0.39, 0.29) is 6.10 Å². The lowest BCUT2D eigenvalue weighted by Gasteiger charge is -2.13. The topological polar surface area (TPSA) is 29.5 Å². The zero-order chi connectivity index (χ0) is 10.7. The number of fused-ring (bicyclic) bond motifs is 1. The largest absolute Gasteiger partial charge is 0.494 e. The van der Waals surface area contributed by atoms with E-state index >= 15 is 0 Å². The molecule has 1 N–H and O–H groups in total. The van der Waals surface area contributed by atoms with Crippen LogP contribution in [0.2, 0.25) is 0 Å². The monoisotopic (exact) mass is 206 g/mol. The van der Waals surface area contributed by atoms with Crippen LogP contribution in [0.1, 0.15) is 43.4 Å². The smallest absolute Gasteiger partial charge is 0.119 e. The molecule has 0 bridgehead atoms. The Morgan fingerprint density at radius 3 is 3.07 bits per heavy atom. The fourth-order valence-corrected chi connectivity index (χ4v) is 2.18. The molecular weight excluding hydrogens is 188 g/mol. The highest BCUT2D eigenvalue weighted by Crippen LogP contribution is 2.31. The van der Waals surface area contributed by atoms with Crippen molar-refractivity contribution in [2.24, 2.45) is 0 Å². The number of aryl methyl sites for hydroxylation is 1. The normalized spacial score (nSPS) is 20.5. The lowest BCUT2D eigenvalue weighted by atomic mass is 10.0. The number of hydrogen-bond donors (Lipinski definition) is 1. The van der Waals surface area contributed by atoms with Gasteiger partial charge >= 0.3 is 0 Å². The lowest BCUT2D eigenvalue weighted by molar-refractivity contribution is 0.166. The Morgan fingerprint density at radius 1 is 1.40 bits per heavy atom. The van der Waals surface area contributed by atoms with Crippen molar-refractivity contribution in [3.63, 3.8) is 0 Å². The summed E-state index contributed by atoms with van der Waals surface area (Å²) in [6, 6.07) is 6.09. The second kappa shape index (κ2) is 4.67. The molecule has 2 nitrogen and oxygen atoms in total. The number of benzene rings is 1. The number of aliphatic hydroxyl groups excluding tert-OH is 1. The summed E-state index contributed by atoms with van der Waals surface area (Å²) in [6.07, 6.45) is 3.95. The van der Waals surface area contributed by atoms with Crippen LogP contribution >= 0.6 is 0 Å². The quantitative estimate of drug-likeness (QED) is 0.754. The van der Waals surface area contributed by atoms with Crippen LogP contribution in [0.15, 0.2) is 18.2 Å². The second-order valence-electron chi connectivity index (χ2n) is 4.06. The van der Waals surface area contributed by atoms with Gasteiger partial charge < -0.3 is 9.84 Å². The van der Waals surface area contributed by atoms with Crippen LogP contribution in [0.4, 0.5) is 0 Å². The molecule has 0 amide bonds. The second-order valence-corrected chi connectivity index (χ2v) is 4.06. The molecule has 0 saturated carbocycles. The third-order valence-corrected chi connectivity index (χ3v) is 2.96. The minimum atomic E-state index is -0.303. The Bertz CT molecular complexity index is 333. The summed E-state index contributed by atoms with van der Waals surface area (Å²) in [6.45, 7) is 2.65. The van der Waals surface area contributed by atoms with Crippen LogP contribution in [-0.4, -0.2) is 11.7 Å². The Kier molecular flexibility index (Phi) is 3.27. The SMILES string of the molecule is CCOc1ccc2c(c1)C(O)CCCC2. The first kappa shape index (κ1) is 10.5. The predicted molar refractivity (Wildman–Crippen MR) is 60.1 cm³/mol. The highest BCUT2D eigenvalue weighted by Gasteiger charge is 2.16. The summed E-state index contributed by atoms with van der Waals surface area (Å²) in [4.78, 5) is 0. The van der Waals surface area contributed by atoms with E-state index in [0.717, 1.165) is 30.6 Å². The van der Waals surface area contributed by atoms with Gasteiger partial charge in [-0.05, 0) is 49.4 Å². The van der Waals surface area contributed by atoms with E-state index in [4.69, 9.17) is 4.74 Å². The van der Waals surface area contributed by atoms with Gasteiger partial charge in [-0.15, -0.1) is 0 Å². The number of aliphatic hydroxyl groups is 1. The number of hydrogen-bond acceptors (Lipinski definition) is 2. The summed E-state index contributed by atoms with van der Waals surface area (Å²) in [7, 11) is 0. The maximum atomic E-state index is 9.98. The molecule has 2 heteroatoms. The van der Waals surface area contributed by atoms with Gasteiger partial charge in [0.2, 0.25) is 0 Å². The molecule has 0 aromatic heterocycles. The first-order valence-electron chi connectivity index (χ1n) is 5.75. The molecule has 1 aliphatic rings. The van der Waals surface area contributed by atoms with E-state index in [0.29, 0.717) is 6.61 Å². The molecule has 1 aliphatic carbocycles. The molecule has 0 spiro atoms. The fourth-order valence-electron chi connectivity index (χ4n) is 2.18. The summed E-state index contributed by atoms with van der Waals surface area (Å²) in [5.74, 6) is 0.872. The van der Waals surface area contributed by atoms with Crippen LogP contribution in [0.5, 0.6) is 5.75 Å². The Balaban J connectivity index is 2.31. The predicted octanol–water partition coefficient (Wildman–Crippen LogP) is 2.85. The van der Waals surface area contributed by atoms with Gasteiger partial charge in [0.25, 0.3) is 0 Å². The van der Waals surface area contributed by atoms with E-state index < -0.39 is 0 Å². The highest BCUT2D eigenvalue weighted by atomic mass is 16.5. The molecule has 1 unspecified atom stereocenters. The summed E-state index contributed by atoms with van der Waals surface area (Å²) in [5, 5.41) is 9.98. The third-order valence-electron chi connectivity index (χ3n) is 2.96. The van der Waals surface area contributed by atoms with Crippen molar-refractivity contribution in [3.05, 3.63) is 29.3 Å². The summed E-state index contributed by atoms with van der Waals surface area (Å²) < 4.78 is 5.45.